The van der Waals surface area contributed by atoms with Crippen LogP contribution < -0.4 is 11.1 Å². The van der Waals surface area contributed by atoms with Gasteiger partial charge in [0, 0.05) is 21.2 Å². The van der Waals surface area contributed by atoms with Crippen molar-refractivity contribution in [3.63, 3.8) is 0 Å². The fourth-order valence-corrected chi connectivity index (χ4v) is 3.42. The van der Waals surface area contributed by atoms with Gasteiger partial charge in [-0.05, 0) is 31.0 Å². The van der Waals surface area contributed by atoms with Gasteiger partial charge >= 0.3 is 0 Å². The minimum Gasteiger partial charge on any atom is -0.397 e. The molecule has 0 radical (unpaired) electrons. The number of nitrogens with two attached hydrogens (primary N) is 1. The second-order valence-electron chi connectivity index (χ2n) is 4.60. The van der Waals surface area contributed by atoms with Crippen LogP contribution >= 0.6 is 22.9 Å². The number of nitrogens with one attached hydrogen (secondary N) is 1. The molecular weight excluding hydrogens is 280 g/mol. The maximum atomic E-state index is 12.2. The van der Waals surface area contributed by atoms with Gasteiger partial charge in [-0.15, -0.1) is 11.3 Å². The minimum atomic E-state index is -0.0940. The first-order valence-electron chi connectivity index (χ1n) is 6.08. The van der Waals surface area contributed by atoms with Crippen molar-refractivity contribution in [1.29, 1.82) is 0 Å². The second kappa shape index (κ2) is 4.87. The van der Waals surface area contributed by atoms with Gasteiger partial charge in [-0.3, -0.25) is 4.79 Å². The summed E-state index contributed by atoms with van der Waals surface area (Å²) in [4.78, 5) is 12.8. The number of nitrogen functional groups attached to an aromatic ring is 1. The van der Waals surface area contributed by atoms with E-state index in [0.717, 1.165) is 22.9 Å². The average molecular weight is 293 g/mol. The zero-order valence-corrected chi connectivity index (χ0v) is 11.7. The minimum absolute atomic E-state index is 0.0940. The quantitative estimate of drug-likeness (QED) is 0.831. The molecule has 1 amide bonds. The van der Waals surface area contributed by atoms with Crippen LogP contribution in [0.4, 0.5) is 5.69 Å². The molecule has 1 aromatic heterocycles. The van der Waals surface area contributed by atoms with Crippen molar-refractivity contribution < 1.29 is 4.79 Å². The van der Waals surface area contributed by atoms with E-state index in [1.165, 1.54) is 11.3 Å². The third kappa shape index (κ3) is 2.33. The smallest absolute Gasteiger partial charge is 0.263 e. The summed E-state index contributed by atoms with van der Waals surface area (Å²) >= 11 is 7.37. The number of fused-ring (bicyclic) bond motifs is 1. The number of benzene rings is 1. The van der Waals surface area contributed by atoms with E-state index in [2.05, 4.69) is 17.5 Å². The van der Waals surface area contributed by atoms with E-state index in [1.807, 2.05) is 12.1 Å². The standard InChI is InChI=1S/C14H13ClN2OS/c15-8-5-6-11-10(7-8)12(16)13(19-11)14(18)17-9-3-1-2-4-9/h1-2,5-7,9H,3-4,16H2,(H,17,18). The molecule has 98 valence electrons. The van der Waals surface area contributed by atoms with E-state index in [9.17, 15) is 4.79 Å². The fourth-order valence-electron chi connectivity index (χ4n) is 2.24. The highest BCUT2D eigenvalue weighted by atomic mass is 35.5. The van der Waals surface area contributed by atoms with E-state index >= 15 is 0 Å². The molecule has 3 N–H and O–H groups in total. The largest absolute Gasteiger partial charge is 0.397 e. The normalized spacial score (nSPS) is 15.2. The van der Waals surface area contributed by atoms with Gasteiger partial charge in [0.2, 0.25) is 0 Å². The van der Waals surface area contributed by atoms with E-state index in [4.69, 9.17) is 17.3 Å². The summed E-state index contributed by atoms with van der Waals surface area (Å²) in [6.45, 7) is 0. The Kier molecular flexibility index (Phi) is 3.21. The molecule has 0 spiro atoms. The van der Waals surface area contributed by atoms with Crippen molar-refractivity contribution >= 4 is 44.6 Å². The summed E-state index contributed by atoms with van der Waals surface area (Å²) in [5, 5.41) is 4.49. The first-order valence-corrected chi connectivity index (χ1v) is 7.28. The van der Waals surface area contributed by atoms with Crippen molar-refractivity contribution in [2.24, 2.45) is 0 Å². The number of hydrogen-bond donors (Lipinski definition) is 2. The summed E-state index contributed by atoms with van der Waals surface area (Å²) in [6, 6.07) is 5.70. The molecular formula is C14H13ClN2OS. The molecule has 0 bridgehead atoms. The number of amides is 1. The van der Waals surface area contributed by atoms with Crippen LogP contribution in [0.5, 0.6) is 0 Å². The molecule has 1 heterocycles. The lowest BCUT2D eigenvalue weighted by molar-refractivity contribution is 0.0944. The van der Waals surface area contributed by atoms with Gasteiger partial charge in [-0.1, -0.05) is 23.8 Å². The average Bonchev–Trinajstić information content (AvgIpc) is 2.98. The predicted octanol–water partition coefficient (Wildman–Crippen LogP) is 3.59. The first-order chi connectivity index (χ1) is 9.15. The Morgan fingerprint density at radius 1 is 1.37 bits per heavy atom. The Labute approximate surface area is 120 Å². The van der Waals surface area contributed by atoms with Gasteiger partial charge in [-0.25, -0.2) is 0 Å². The maximum Gasteiger partial charge on any atom is 0.263 e. The molecule has 3 rings (SSSR count). The number of halogens is 1. The summed E-state index contributed by atoms with van der Waals surface area (Å²) in [5.74, 6) is -0.0940. The van der Waals surface area contributed by atoms with Crippen LogP contribution in [-0.2, 0) is 0 Å². The van der Waals surface area contributed by atoms with Crippen LogP contribution in [0.2, 0.25) is 5.02 Å². The Bertz CT molecular complexity index is 669. The Morgan fingerprint density at radius 3 is 2.84 bits per heavy atom. The Morgan fingerprint density at radius 2 is 2.11 bits per heavy atom. The molecule has 3 nitrogen and oxygen atoms in total. The molecule has 0 saturated heterocycles. The highest BCUT2D eigenvalue weighted by Crippen LogP contribution is 2.35. The zero-order chi connectivity index (χ0) is 13.4. The van der Waals surface area contributed by atoms with Gasteiger partial charge in [0.25, 0.3) is 5.91 Å². The SMILES string of the molecule is Nc1c(C(=O)NC2CC=CC2)sc2ccc(Cl)cc12. The predicted molar refractivity (Wildman–Crippen MR) is 80.9 cm³/mol. The number of anilines is 1. The molecule has 0 fully saturated rings. The Balaban J connectivity index is 1.91. The molecule has 0 atom stereocenters. The highest BCUT2D eigenvalue weighted by Gasteiger charge is 2.20. The molecule has 2 aromatic rings. The lowest BCUT2D eigenvalue weighted by atomic mass is 10.2. The van der Waals surface area contributed by atoms with E-state index in [0.29, 0.717) is 15.6 Å². The van der Waals surface area contributed by atoms with Gasteiger partial charge in [0.15, 0.2) is 0 Å². The molecule has 0 unspecified atom stereocenters. The van der Waals surface area contributed by atoms with Gasteiger partial charge in [0.1, 0.15) is 4.88 Å². The molecule has 1 aliphatic rings. The number of thiophene rings is 1. The van der Waals surface area contributed by atoms with Crippen LogP contribution in [0.25, 0.3) is 10.1 Å². The van der Waals surface area contributed by atoms with Crippen LogP contribution in [-0.4, -0.2) is 11.9 Å². The zero-order valence-electron chi connectivity index (χ0n) is 10.2. The van der Waals surface area contributed by atoms with Crippen molar-refractivity contribution in [3.8, 4) is 0 Å². The van der Waals surface area contributed by atoms with Crippen LogP contribution in [0.3, 0.4) is 0 Å². The summed E-state index contributed by atoms with van der Waals surface area (Å²) in [7, 11) is 0. The van der Waals surface area contributed by atoms with Crippen LogP contribution in [0.15, 0.2) is 30.4 Å². The second-order valence-corrected chi connectivity index (χ2v) is 6.09. The summed E-state index contributed by atoms with van der Waals surface area (Å²) in [6.07, 6.45) is 5.95. The molecule has 5 heteroatoms. The first kappa shape index (κ1) is 12.5. The maximum absolute atomic E-state index is 12.2. The van der Waals surface area contributed by atoms with Crippen LogP contribution in [0.1, 0.15) is 22.5 Å². The lowest BCUT2D eigenvalue weighted by Crippen LogP contribution is -2.32. The van der Waals surface area contributed by atoms with Crippen molar-refractivity contribution in [2.75, 3.05) is 5.73 Å². The molecule has 19 heavy (non-hydrogen) atoms. The highest BCUT2D eigenvalue weighted by molar-refractivity contribution is 7.21. The van der Waals surface area contributed by atoms with Crippen LogP contribution in [0, 0.1) is 0 Å². The molecule has 1 aliphatic carbocycles. The van der Waals surface area contributed by atoms with Gasteiger partial charge in [0.05, 0.1) is 5.69 Å². The van der Waals surface area contributed by atoms with Gasteiger partial charge in [-0.2, -0.15) is 0 Å². The topological polar surface area (TPSA) is 55.1 Å². The van der Waals surface area contributed by atoms with Crippen molar-refractivity contribution in [3.05, 3.63) is 40.3 Å². The molecule has 0 aliphatic heterocycles. The molecule has 0 saturated carbocycles. The van der Waals surface area contributed by atoms with Crippen molar-refractivity contribution in [1.82, 2.24) is 5.32 Å². The number of carbonyl (C=O) groups is 1. The summed E-state index contributed by atoms with van der Waals surface area (Å²) < 4.78 is 0.983. The van der Waals surface area contributed by atoms with E-state index in [-0.39, 0.29) is 11.9 Å². The number of hydrogen-bond acceptors (Lipinski definition) is 3. The third-order valence-electron chi connectivity index (χ3n) is 3.24. The van der Waals surface area contributed by atoms with Crippen molar-refractivity contribution in [2.45, 2.75) is 18.9 Å². The number of carbonyl (C=O) groups excluding carboxylic acids is 1. The fraction of sp³-hybridized carbons (Fsp3) is 0.214. The lowest BCUT2D eigenvalue weighted by Gasteiger charge is -2.11. The van der Waals surface area contributed by atoms with Gasteiger partial charge < -0.3 is 11.1 Å². The molecule has 1 aromatic carbocycles. The third-order valence-corrected chi connectivity index (χ3v) is 4.66. The van der Waals surface area contributed by atoms with E-state index in [1.54, 1.807) is 6.07 Å². The number of rotatable bonds is 2. The monoisotopic (exact) mass is 292 g/mol. The van der Waals surface area contributed by atoms with E-state index < -0.39 is 0 Å². The Hall–Kier alpha value is -1.52. The summed E-state index contributed by atoms with van der Waals surface area (Å²) in [5.41, 5.74) is 6.58.